The number of halogens is 3. The number of aromatic amines is 1. The van der Waals surface area contributed by atoms with Crippen molar-refractivity contribution in [2.24, 2.45) is 5.92 Å². The Labute approximate surface area is 207 Å². The molecule has 2 aliphatic heterocycles. The van der Waals surface area contributed by atoms with E-state index in [2.05, 4.69) is 9.88 Å². The number of hydrogen-bond acceptors (Lipinski definition) is 4. The van der Waals surface area contributed by atoms with Gasteiger partial charge >= 0.3 is 12.1 Å². The third-order valence-corrected chi connectivity index (χ3v) is 7.81. The van der Waals surface area contributed by atoms with Crippen molar-refractivity contribution in [2.75, 3.05) is 26.7 Å². The third kappa shape index (κ3) is 4.57. The van der Waals surface area contributed by atoms with Crippen LogP contribution in [0, 0.1) is 12.8 Å². The number of benzene rings is 2. The average Bonchev–Trinajstić information content (AvgIpc) is 3.30. The minimum atomic E-state index is -4.15. The van der Waals surface area contributed by atoms with Gasteiger partial charge < -0.3 is 14.8 Å². The molecule has 0 saturated carbocycles. The number of ether oxygens (including phenoxy) is 1. The fourth-order valence-electron chi connectivity index (χ4n) is 5.71. The summed E-state index contributed by atoms with van der Waals surface area (Å²) in [6, 6.07) is 10.9. The van der Waals surface area contributed by atoms with E-state index in [1.807, 2.05) is 42.3 Å². The standard InChI is InChI=1S/C27H30F3N3O3/c1-16-11-24(36-2)22(21-7-9-31-25(16)21)15-32-10-8-20(33-13-19(14-33)27(28,29)30)12-23(32)17-3-5-18(6-4-17)26(34)35/h3-7,9,11,19-20,23,31H,8,10,12-15H2,1-2H3,(H,34,35)/t20-,23-/m1/s1. The number of likely N-dealkylation sites (tertiary alicyclic amines) is 2. The summed E-state index contributed by atoms with van der Waals surface area (Å²) in [5, 5.41) is 10.4. The monoisotopic (exact) mass is 501 g/mol. The Hall–Kier alpha value is -3.04. The van der Waals surface area contributed by atoms with Crippen molar-refractivity contribution in [1.82, 2.24) is 14.8 Å². The van der Waals surface area contributed by atoms with Gasteiger partial charge in [-0.3, -0.25) is 9.80 Å². The second-order valence-electron chi connectivity index (χ2n) is 9.92. The van der Waals surface area contributed by atoms with Crippen LogP contribution in [0.25, 0.3) is 10.9 Å². The quantitative estimate of drug-likeness (QED) is 0.475. The van der Waals surface area contributed by atoms with E-state index in [-0.39, 0.29) is 30.7 Å². The molecule has 0 unspecified atom stereocenters. The zero-order chi connectivity index (χ0) is 25.6. The fourth-order valence-corrected chi connectivity index (χ4v) is 5.71. The van der Waals surface area contributed by atoms with Gasteiger partial charge in [-0.25, -0.2) is 4.79 Å². The summed E-state index contributed by atoms with van der Waals surface area (Å²) in [4.78, 5) is 19.0. The van der Waals surface area contributed by atoms with Gasteiger partial charge in [0.15, 0.2) is 0 Å². The molecule has 0 bridgehead atoms. The van der Waals surface area contributed by atoms with Crippen LogP contribution in [0.3, 0.4) is 0 Å². The molecule has 36 heavy (non-hydrogen) atoms. The molecule has 3 heterocycles. The van der Waals surface area contributed by atoms with Crippen LogP contribution in [0.4, 0.5) is 13.2 Å². The van der Waals surface area contributed by atoms with Crippen molar-refractivity contribution >= 4 is 16.9 Å². The van der Waals surface area contributed by atoms with Crippen LogP contribution in [0.1, 0.15) is 45.9 Å². The van der Waals surface area contributed by atoms with Crippen LogP contribution in [-0.2, 0) is 6.54 Å². The van der Waals surface area contributed by atoms with E-state index in [1.165, 1.54) is 0 Å². The molecule has 9 heteroatoms. The highest BCUT2D eigenvalue weighted by atomic mass is 19.4. The van der Waals surface area contributed by atoms with Gasteiger partial charge in [0.2, 0.25) is 0 Å². The highest BCUT2D eigenvalue weighted by Crippen LogP contribution is 2.41. The normalized spacial score (nSPS) is 22.0. The van der Waals surface area contributed by atoms with Crippen LogP contribution in [-0.4, -0.2) is 64.8 Å². The van der Waals surface area contributed by atoms with E-state index in [0.717, 1.165) is 39.8 Å². The molecule has 192 valence electrons. The molecule has 0 aliphatic carbocycles. The van der Waals surface area contributed by atoms with Gasteiger partial charge in [0.1, 0.15) is 5.75 Å². The summed E-state index contributed by atoms with van der Waals surface area (Å²) in [7, 11) is 1.66. The first-order chi connectivity index (χ1) is 17.2. The van der Waals surface area contributed by atoms with E-state index < -0.39 is 18.1 Å². The molecule has 2 aliphatic rings. The molecule has 3 aromatic rings. The number of alkyl halides is 3. The summed E-state index contributed by atoms with van der Waals surface area (Å²) in [5.74, 6) is -1.43. The number of hydrogen-bond donors (Lipinski definition) is 2. The number of nitrogens with zero attached hydrogens (tertiary/aromatic N) is 2. The highest BCUT2D eigenvalue weighted by molar-refractivity contribution is 5.88. The van der Waals surface area contributed by atoms with E-state index in [4.69, 9.17) is 4.74 Å². The first kappa shape index (κ1) is 24.6. The Kier molecular flexibility index (Phi) is 6.46. The first-order valence-electron chi connectivity index (χ1n) is 12.2. The molecule has 2 fully saturated rings. The molecule has 0 radical (unpaired) electrons. The summed E-state index contributed by atoms with van der Waals surface area (Å²) in [5.41, 5.74) is 4.39. The van der Waals surface area contributed by atoms with Crippen molar-refractivity contribution in [3.8, 4) is 5.75 Å². The number of rotatable bonds is 6. The number of carbonyl (C=O) groups is 1. The number of H-pyrrole nitrogens is 1. The molecule has 0 amide bonds. The van der Waals surface area contributed by atoms with E-state index in [9.17, 15) is 23.1 Å². The van der Waals surface area contributed by atoms with E-state index in [0.29, 0.717) is 19.5 Å². The number of aromatic carboxylic acids is 1. The Bertz CT molecular complexity index is 1250. The largest absolute Gasteiger partial charge is 0.496 e. The number of methoxy groups -OCH3 is 1. The van der Waals surface area contributed by atoms with Gasteiger partial charge in [-0.15, -0.1) is 0 Å². The molecule has 2 saturated heterocycles. The lowest BCUT2D eigenvalue weighted by atomic mass is 9.86. The zero-order valence-electron chi connectivity index (χ0n) is 20.3. The van der Waals surface area contributed by atoms with Crippen molar-refractivity contribution < 1.29 is 27.8 Å². The Morgan fingerprint density at radius 1 is 1.19 bits per heavy atom. The summed E-state index contributed by atoms with van der Waals surface area (Å²) in [6.45, 7) is 3.46. The smallest absolute Gasteiger partial charge is 0.394 e. The predicted octanol–water partition coefficient (Wildman–Crippen LogP) is 5.38. The van der Waals surface area contributed by atoms with Gasteiger partial charge in [0.25, 0.3) is 0 Å². The summed E-state index contributed by atoms with van der Waals surface area (Å²) >= 11 is 0. The van der Waals surface area contributed by atoms with Gasteiger partial charge in [-0.2, -0.15) is 13.2 Å². The van der Waals surface area contributed by atoms with Crippen LogP contribution in [0.5, 0.6) is 5.75 Å². The van der Waals surface area contributed by atoms with Crippen LogP contribution in [0.2, 0.25) is 0 Å². The van der Waals surface area contributed by atoms with Gasteiger partial charge in [0, 0.05) is 60.9 Å². The molecule has 6 nitrogen and oxygen atoms in total. The minimum absolute atomic E-state index is 0.0502. The predicted molar refractivity (Wildman–Crippen MR) is 130 cm³/mol. The number of nitrogens with one attached hydrogen (secondary N) is 1. The minimum Gasteiger partial charge on any atom is -0.496 e. The number of piperidine rings is 1. The molecule has 2 aromatic carbocycles. The topological polar surface area (TPSA) is 68.8 Å². The van der Waals surface area contributed by atoms with Crippen LogP contribution < -0.4 is 4.74 Å². The maximum Gasteiger partial charge on any atom is 0.394 e. The van der Waals surface area contributed by atoms with Gasteiger partial charge in [-0.1, -0.05) is 12.1 Å². The van der Waals surface area contributed by atoms with Crippen LogP contribution in [0.15, 0.2) is 42.6 Å². The second-order valence-corrected chi connectivity index (χ2v) is 9.92. The lowest BCUT2D eigenvalue weighted by Crippen LogP contribution is -2.59. The lowest BCUT2D eigenvalue weighted by molar-refractivity contribution is -0.216. The second kappa shape index (κ2) is 9.44. The maximum absolute atomic E-state index is 13.1. The zero-order valence-corrected chi connectivity index (χ0v) is 20.3. The van der Waals surface area contributed by atoms with Gasteiger partial charge in [0.05, 0.1) is 18.6 Å². The van der Waals surface area contributed by atoms with E-state index >= 15 is 0 Å². The van der Waals surface area contributed by atoms with Crippen molar-refractivity contribution in [3.63, 3.8) is 0 Å². The third-order valence-electron chi connectivity index (χ3n) is 7.81. The van der Waals surface area contributed by atoms with Crippen molar-refractivity contribution in [3.05, 3.63) is 64.8 Å². The summed E-state index contributed by atoms with van der Waals surface area (Å²) in [6.07, 6.45) is -0.775. The fraction of sp³-hybridized carbons (Fsp3) is 0.444. The number of aryl methyl sites for hydroxylation is 1. The highest BCUT2D eigenvalue weighted by Gasteiger charge is 2.49. The molecular formula is C27H30F3N3O3. The average molecular weight is 502 g/mol. The summed E-state index contributed by atoms with van der Waals surface area (Å²) < 4.78 is 45.0. The molecule has 2 N–H and O–H groups in total. The molecular weight excluding hydrogens is 471 g/mol. The number of fused-ring (bicyclic) bond motifs is 1. The lowest BCUT2D eigenvalue weighted by Gasteiger charge is -2.50. The Morgan fingerprint density at radius 3 is 2.56 bits per heavy atom. The Morgan fingerprint density at radius 2 is 1.92 bits per heavy atom. The Balaban J connectivity index is 1.43. The van der Waals surface area contributed by atoms with Crippen molar-refractivity contribution in [1.29, 1.82) is 0 Å². The molecule has 1 aromatic heterocycles. The van der Waals surface area contributed by atoms with E-state index in [1.54, 1.807) is 19.2 Å². The van der Waals surface area contributed by atoms with Gasteiger partial charge in [-0.05, 0) is 55.2 Å². The number of carboxylic acids is 1. The SMILES string of the molecule is COc1cc(C)c2[nH]ccc2c1CN1CC[C@@H](N2CC(C(F)(F)F)C2)C[C@@H]1c1ccc(C(=O)O)cc1. The maximum atomic E-state index is 13.1. The number of aromatic nitrogens is 1. The van der Waals surface area contributed by atoms with Crippen LogP contribution >= 0.6 is 0 Å². The molecule has 5 rings (SSSR count). The molecule has 2 atom stereocenters. The molecule has 0 spiro atoms. The van der Waals surface area contributed by atoms with Crippen molar-refractivity contribution in [2.45, 2.75) is 44.6 Å². The number of carboxylic acid groups (broad SMARTS) is 1. The first-order valence-corrected chi connectivity index (χ1v) is 12.2.